The van der Waals surface area contributed by atoms with Gasteiger partial charge in [-0.3, -0.25) is 13.8 Å². The Balaban J connectivity index is 4.31. The second kappa shape index (κ2) is 42.3. The van der Waals surface area contributed by atoms with Gasteiger partial charge in [-0.15, -0.1) is 0 Å². The molecule has 0 fully saturated rings. The predicted molar refractivity (Wildman–Crippen MR) is 254 cm³/mol. The zero-order valence-electron chi connectivity index (χ0n) is 39.8. The van der Waals surface area contributed by atoms with Crippen molar-refractivity contribution < 1.29 is 32.9 Å². The van der Waals surface area contributed by atoms with Gasteiger partial charge < -0.3 is 19.8 Å². The summed E-state index contributed by atoms with van der Waals surface area (Å²) in [5.41, 5.74) is 0. The third-order valence-corrected chi connectivity index (χ3v) is 12.4. The van der Waals surface area contributed by atoms with Gasteiger partial charge in [0.2, 0.25) is 5.91 Å². The fourth-order valence-corrected chi connectivity index (χ4v) is 8.13. The standard InChI is InChI=1S/C50H99N2O6P/c1-6-8-10-12-14-16-18-20-22-24-25-26-27-28-30-32-34-36-38-40-42-44-50(54)51-48(47-58-59(55,56)57-46-45-52(3,4)5)49(53)43-41-39-37-35-33-31-29-23-21-19-17-15-13-11-9-7-2/h26-27,41,43,48-49,53H,6-25,28-40,42,44-47H2,1-5H3,(H-,51,54,55,56)/p+1/b27-26-,43-41+. The lowest BCUT2D eigenvalue weighted by Crippen LogP contribution is -2.45. The van der Waals surface area contributed by atoms with E-state index in [1.165, 1.54) is 180 Å². The van der Waals surface area contributed by atoms with Crippen LogP contribution in [0.2, 0.25) is 0 Å². The van der Waals surface area contributed by atoms with Crippen LogP contribution < -0.4 is 5.32 Å². The summed E-state index contributed by atoms with van der Waals surface area (Å²) in [6.07, 6.45) is 51.1. The quantitative estimate of drug-likeness (QED) is 0.0244. The van der Waals surface area contributed by atoms with Crippen LogP contribution in [0.5, 0.6) is 0 Å². The van der Waals surface area contributed by atoms with E-state index in [2.05, 4.69) is 31.3 Å². The first kappa shape index (κ1) is 58.0. The van der Waals surface area contributed by atoms with Crippen LogP contribution in [0.1, 0.15) is 239 Å². The van der Waals surface area contributed by atoms with Gasteiger partial charge in [0.25, 0.3) is 0 Å². The highest BCUT2D eigenvalue weighted by atomic mass is 31.2. The second-order valence-electron chi connectivity index (χ2n) is 18.5. The van der Waals surface area contributed by atoms with Crippen molar-refractivity contribution in [2.45, 2.75) is 251 Å². The molecule has 350 valence electrons. The van der Waals surface area contributed by atoms with Crippen molar-refractivity contribution in [3.8, 4) is 0 Å². The van der Waals surface area contributed by atoms with E-state index >= 15 is 0 Å². The molecule has 0 saturated heterocycles. The highest BCUT2D eigenvalue weighted by Crippen LogP contribution is 2.43. The number of nitrogens with one attached hydrogen (secondary N) is 1. The van der Waals surface area contributed by atoms with E-state index in [-0.39, 0.29) is 19.1 Å². The minimum absolute atomic E-state index is 0.0620. The fourth-order valence-electron chi connectivity index (χ4n) is 7.39. The van der Waals surface area contributed by atoms with Crippen LogP contribution in [0, 0.1) is 0 Å². The molecule has 59 heavy (non-hydrogen) atoms. The number of hydrogen-bond acceptors (Lipinski definition) is 5. The van der Waals surface area contributed by atoms with E-state index in [0.717, 1.165) is 38.5 Å². The molecule has 0 aromatic rings. The average Bonchev–Trinajstić information content (AvgIpc) is 3.19. The minimum atomic E-state index is -4.34. The molecule has 0 bridgehead atoms. The monoisotopic (exact) mass is 856 g/mol. The molecule has 9 heteroatoms. The first-order valence-electron chi connectivity index (χ1n) is 25.2. The Bertz CT molecular complexity index is 1020. The minimum Gasteiger partial charge on any atom is -0.387 e. The number of hydrogen-bond donors (Lipinski definition) is 3. The lowest BCUT2D eigenvalue weighted by Gasteiger charge is -2.25. The number of aliphatic hydroxyl groups is 1. The SMILES string of the molecule is CCCCCCCCCCCC/C=C\CCCCCCCCCC(=O)NC(COP(=O)(O)OCC[N+](C)(C)C)C(O)/C=C/CCCCCCCCCCCCCCCC. The zero-order chi connectivity index (χ0) is 43.6. The van der Waals surface area contributed by atoms with E-state index < -0.39 is 20.0 Å². The van der Waals surface area contributed by atoms with Crippen LogP contribution in [0.4, 0.5) is 0 Å². The first-order valence-corrected chi connectivity index (χ1v) is 26.7. The second-order valence-corrected chi connectivity index (χ2v) is 20.0. The fraction of sp³-hybridized carbons (Fsp3) is 0.900. The smallest absolute Gasteiger partial charge is 0.387 e. The Labute approximate surface area is 366 Å². The third kappa shape index (κ3) is 44.8. The van der Waals surface area contributed by atoms with Crippen molar-refractivity contribution in [2.75, 3.05) is 40.9 Å². The summed E-state index contributed by atoms with van der Waals surface area (Å²) in [5.74, 6) is -0.179. The molecule has 8 nitrogen and oxygen atoms in total. The molecular weight excluding hydrogens is 756 g/mol. The molecule has 0 spiro atoms. The summed E-state index contributed by atoms with van der Waals surface area (Å²) in [6.45, 7) is 4.83. The largest absolute Gasteiger partial charge is 0.472 e. The Hall–Kier alpha value is -1.02. The van der Waals surface area contributed by atoms with E-state index in [4.69, 9.17) is 9.05 Å². The average molecular weight is 856 g/mol. The molecule has 0 aromatic carbocycles. The Kier molecular flexibility index (Phi) is 41.6. The highest BCUT2D eigenvalue weighted by Gasteiger charge is 2.27. The third-order valence-electron chi connectivity index (χ3n) is 11.4. The van der Waals surface area contributed by atoms with Gasteiger partial charge >= 0.3 is 7.82 Å². The van der Waals surface area contributed by atoms with Gasteiger partial charge in [0.15, 0.2) is 0 Å². The van der Waals surface area contributed by atoms with E-state index in [1.54, 1.807) is 6.08 Å². The molecule has 3 N–H and O–H groups in total. The van der Waals surface area contributed by atoms with Gasteiger partial charge in [0.05, 0.1) is 39.9 Å². The molecule has 0 aromatic heterocycles. The molecule has 0 rings (SSSR count). The molecule has 3 atom stereocenters. The van der Waals surface area contributed by atoms with E-state index in [0.29, 0.717) is 17.4 Å². The van der Waals surface area contributed by atoms with Crippen molar-refractivity contribution in [1.29, 1.82) is 0 Å². The zero-order valence-corrected chi connectivity index (χ0v) is 40.7. The summed E-state index contributed by atoms with van der Waals surface area (Å²) in [4.78, 5) is 23.2. The molecule has 0 saturated carbocycles. The van der Waals surface area contributed by atoms with Gasteiger partial charge in [-0.25, -0.2) is 4.57 Å². The Morgan fingerprint density at radius 2 is 0.915 bits per heavy atom. The van der Waals surface area contributed by atoms with Crippen LogP contribution in [0.3, 0.4) is 0 Å². The van der Waals surface area contributed by atoms with Crippen LogP contribution in [-0.2, 0) is 18.4 Å². The number of carbonyl (C=O) groups excluding carboxylic acids is 1. The van der Waals surface area contributed by atoms with Crippen molar-refractivity contribution in [2.24, 2.45) is 0 Å². The maximum absolute atomic E-state index is 12.9. The lowest BCUT2D eigenvalue weighted by molar-refractivity contribution is -0.870. The van der Waals surface area contributed by atoms with E-state index in [1.807, 2.05) is 27.2 Å². The van der Waals surface area contributed by atoms with Crippen LogP contribution in [0.25, 0.3) is 0 Å². The normalized spacial score (nSPS) is 14.4. The van der Waals surface area contributed by atoms with Gasteiger partial charge in [0.1, 0.15) is 13.2 Å². The van der Waals surface area contributed by atoms with Crippen molar-refractivity contribution in [3.05, 3.63) is 24.3 Å². The van der Waals surface area contributed by atoms with E-state index in [9.17, 15) is 19.4 Å². The number of unbranched alkanes of at least 4 members (excludes halogenated alkanes) is 31. The van der Waals surface area contributed by atoms with Crippen LogP contribution >= 0.6 is 7.82 Å². The lowest BCUT2D eigenvalue weighted by atomic mass is 10.0. The number of phosphoric ester groups is 1. The maximum atomic E-state index is 12.9. The van der Waals surface area contributed by atoms with Gasteiger partial charge in [-0.1, -0.05) is 212 Å². The topological polar surface area (TPSA) is 105 Å². The number of likely N-dealkylation sites (N-methyl/N-ethyl adjacent to an activating group) is 1. The number of carbonyl (C=O) groups is 1. The molecule has 0 radical (unpaired) electrons. The molecule has 0 aliphatic carbocycles. The maximum Gasteiger partial charge on any atom is 0.472 e. The van der Waals surface area contributed by atoms with Crippen molar-refractivity contribution in [3.63, 3.8) is 0 Å². The van der Waals surface area contributed by atoms with Crippen molar-refractivity contribution >= 4 is 13.7 Å². The number of quaternary nitrogens is 1. The summed E-state index contributed by atoms with van der Waals surface area (Å²) in [7, 11) is 1.58. The van der Waals surface area contributed by atoms with Crippen LogP contribution in [0.15, 0.2) is 24.3 Å². The number of rotatable bonds is 46. The summed E-state index contributed by atoms with van der Waals surface area (Å²) < 4.78 is 23.6. The number of amides is 1. The number of allylic oxidation sites excluding steroid dienone is 3. The van der Waals surface area contributed by atoms with Gasteiger partial charge in [-0.2, -0.15) is 0 Å². The van der Waals surface area contributed by atoms with Gasteiger partial charge in [0, 0.05) is 6.42 Å². The highest BCUT2D eigenvalue weighted by molar-refractivity contribution is 7.47. The molecule has 0 aliphatic rings. The number of aliphatic hydroxyl groups excluding tert-OH is 1. The van der Waals surface area contributed by atoms with Crippen LogP contribution in [-0.4, -0.2) is 73.4 Å². The molecule has 1 amide bonds. The Morgan fingerprint density at radius 3 is 1.31 bits per heavy atom. The predicted octanol–water partition coefficient (Wildman–Crippen LogP) is 14.5. The molecule has 0 aliphatic heterocycles. The summed E-state index contributed by atoms with van der Waals surface area (Å²) in [6, 6.07) is -0.846. The summed E-state index contributed by atoms with van der Waals surface area (Å²) >= 11 is 0. The Morgan fingerprint density at radius 1 is 0.559 bits per heavy atom. The van der Waals surface area contributed by atoms with Gasteiger partial charge in [-0.05, 0) is 44.9 Å². The number of phosphoric acid groups is 1. The molecule has 3 unspecified atom stereocenters. The molecule has 0 heterocycles. The number of nitrogens with zero attached hydrogens (tertiary/aromatic N) is 1. The summed E-state index contributed by atoms with van der Waals surface area (Å²) in [5, 5.41) is 13.9. The first-order chi connectivity index (χ1) is 28.5. The van der Waals surface area contributed by atoms with Crippen molar-refractivity contribution in [1.82, 2.24) is 5.32 Å². The molecular formula is C50H100N2O6P+.